The van der Waals surface area contributed by atoms with Gasteiger partial charge in [-0.3, -0.25) is 4.79 Å². The Bertz CT molecular complexity index is 1260. The summed E-state index contributed by atoms with van der Waals surface area (Å²) in [7, 11) is 0. The summed E-state index contributed by atoms with van der Waals surface area (Å²) < 4.78 is 6.71. The van der Waals surface area contributed by atoms with Crippen molar-refractivity contribution in [3.05, 3.63) is 88.8 Å². The van der Waals surface area contributed by atoms with Gasteiger partial charge in [-0.1, -0.05) is 22.0 Å². The predicted molar refractivity (Wildman–Crippen MR) is 123 cm³/mol. The molecule has 0 saturated carbocycles. The summed E-state index contributed by atoms with van der Waals surface area (Å²) in [6, 6.07) is 15.0. The normalized spacial score (nSPS) is 13.8. The first kappa shape index (κ1) is 19.5. The van der Waals surface area contributed by atoms with Crippen molar-refractivity contribution in [1.82, 2.24) is 19.9 Å². The van der Waals surface area contributed by atoms with Crippen molar-refractivity contribution in [2.75, 3.05) is 13.1 Å². The zero-order valence-corrected chi connectivity index (χ0v) is 18.2. The van der Waals surface area contributed by atoms with E-state index in [0.29, 0.717) is 30.3 Å². The molecule has 0 atom stereocenters. The second-order valence-electron chi connectivity index (χ2n) is 7.27. The number of rotatable bonds is 4. The van der Waals surface area contributed by atoms with E-state index in [2.05, 4.69) is 43.0 Å². The van der Waals surface area contributed by atoms with Gasteiger partial charge in [-0.15, -0.1) is 0 Å². The van der Waals surface area contributed by atoms with E-state index in [1.807, 2.05) is 41.4 Å². The van der Waals surface area contributed by atoms with Crippen LogP contribution < -0.4 is 4.74 Å². The first-order chi connectivity index (χ1) is 15.2. The van der Waals surface area contributed by atoms with Crippen molar-refractivity contribution in [3.8, 4) is 11.6 Å². The fraction of sp³-hybridized carbons (Fsp3) is 0.125. The molecule has 0 aliphatic carbocycles. The van der Waals surface area contributed by atoms with E-state index in [4.69, 9.17) is 4.74 Å². The van der Waals surface area contributed by atoms with Gasteiger partial charge in [-0.05, 0) is 54.5 Å². The van der Waals surface area contributed by atoms with Crippen molar-refractivity contribution >= 4 is 38.4 Å². The van der Waals surface area contributed by atoms with Crippen LogP contribution in [0, 0.1) is 0 Å². The highest BCUT2D eigenvalue weighted by Gasteiger charge is 2.21. The molecule has 6 nitrogen and oxygen atoms in total. The zero-order chi connectivity index (χ0) is 21.2. The Morgan fingerprint density at radius 1 is 1.10 bits per heavy atom. The van der Waals surface area contributed by atoms with Gasteiger partial charge < -0.3 is 14.6 Å². The third-order valence-electron chi connectivity index (χ3n) is 5.31. The molecule has 0 spiro atoms. The number of H-pyrrole nitrogens is 1. The van der Waals surface area contributed by atoms with E-state index >= 15 is 0 Å². The lowest BCUT2D eigenvalue weighted by atomic mass is 9.99. The first-order valence-corrected chi connectivity index (χ1v) is 10.8. The van der Waals surface area contributed by atoms with Crippen LogP contribution >= 0.6 is 15.9 Å². The van der Waals surface area contributed by atoms with Crippen LogP contribution in [0.15, 0.2) is 77.7 Å². The third kappa shape index (κ3) is 4.09. The lowest BCUT2D eigenvalue weighted by Gasteiger charge is -2.26. The number of pyridine rings is 2. The maximum absolute atomic E-state index is 12.9. The Kier molecular flexibility index (Phi) is 5.26. The minimum atomic E-state index is -0.0291. The Morgan fingerprint density at radius 3 is 2.71 bits per heavy atom. The van der Waals surface area contributed by atoms with Gasteiger partial charge in [0, 0.05) is 53.2 Å². The fourth-order valence-electron chi connectivity index (χ4n) is 3.69. The van der Waals surface area contributed by atoms with Crippen molar-refractivity contribution in [2.24, 2.45) is 0 Å². The minimum Gasteiger partial charge on any atom is -0.439 e. The summed E-state index contributed by atoms with van der Waals surface area (Å²) in [5.41, 5.74) is 3.83. The average Bonchev–Trinajstić information content (AvgIpc) is 3.25. The number of nitrogens with one attached hydrogen (secondary N) is 1. The lowest BCUT2D eigenvalue weighted by molar-refractivity contribution is 0.0772. The number of aromatic nitrogens is 3. The number of carbonyl (C=O) groups excluding carboxylic acids is 1. The molecule has 1 N–H and O–H groups in total. The molecule has 1 aliphatic heterocycles. The summed E-state index contributed by atoms with van der Waals surface area (Å²) in [5.74, 6) is 1.11. The van der Waals surface area contributed by atoms with Crippen LogP contribution in [-0.2, 0) is 0 Å². The summed E-state index contributed by atoms with van der Waals surface area (Å²) in [6.45, 7) is 1.23. The molecule has 1 aromatic carbocycles. The molecule has 4 heterocycles. The van der Waals surface area contributed by atoms with Crippen LogP contribution in [0.5, 0.6) is 11.6 Å². The van der Waals surface area contributed by atoms with E-state index in [0.717, 1.165) is 27.5 Å². The molecule has 1 aliphatic rings. The monoisotopic (exact) mass is 474 g/mol. The number of halogens is 1. The molecule has 31 heavy (non-hydrogen) atoms. The average molecular weight is 475 g/mol. The second kappa shape index (κ2) is 8.35. The standard InChI is InChI=1S/C24H19BrN4O2/c25-18-4-6-19(7-5-18)31-22-8-3-17(14-27-22)24(30)29-12-9-16(10-13-29)21-15-28-23-20(21)2-1-11-26-23/h1-9,11,14-15H,10,12-13H2,(H,26,28). The highest BCUT2D eigenvalue weighted by molar-refractivity contribution is 9.10. The van der Waals surface area contributed by atoms with E-state index in [1.165, 1.54) is 5.57 Å². The second-order valence-corrected chi connectivity index (χ2v) is 8.19. The van der Waals surface area contributed by atoms with Gasteiger partial charge in [0.15, 0.2) is 0 Å². The number of hydrogen-bond acceptors (Lipinski definition) is 4. The molecular formula is C24H19BrN4O2. The van der Waals surface area contributed by atoms with Crippen molar-refractivity contribution in [1.29, 1.82) is 0 Å². The van der Waals surface area contributed by atoms with E-state index in [1.54, 1.807) is 24.5 Å². The molecule has 4 aromatic rings. The number of fused-ring (bicyclic) bond motifs is 1. The predicted octanol–water partition coefficient (Wildman–Crippen LogP) is 5.44. The molecule has 0 radical (unpaired) electrons. The quantitative estimate of drug-likeness (QED) is 0.427. The van der Waals surface area contributed by atoms with Crippen LogP contribution in [0.3, 0.4) is 0 Å². The number of benzene rings is 1. The molecule has 154 valence electrons. The number of aromatic amines is 1. The summed E-state index contributed by atoms with van der Waals surface area (Å²) in [6.07, 6.45) is 8.26. The van der Waals surface area contributed by atoms with Gasteiger partial charge in [0.1, 0.15) is 11.4 Å². The number of ether oxygens (including phenoxy) is 1. The smallest absolute Gasteiger partial charge is 0.255 e. The maximum Gasteiger partial charge on any atom is 0.255 e. The third-order valence-corrected chi connectivity index (χ3v) is 5.84. The molecule has 0 fully saturated rings. The molecule has 1 amide bonds. The Labute approximate surface area is 187 Å². The summed E-state index contributed by atoms with van der Waals surface area (Å²) in [5, 5.41) is 1.11. The van der Waals surface area contributed by atoms with Gasteiger partial charge in [0.25, 0.3) is 5.91 Å². The van der Waals surface area contributed by atoms with E-state index < -0.39 is 0 Å². The van der Waals surface area contributed by atoms with Crippen LogP contribution in [0.1, 0.15) is 22.3 Å². The van der Waals surface area contributed by atoms with Crippen LogP contribution in [-0.4, -0.2) is 38.8 Å². The molecule has 0 unspecified atom stereocenters. The number of carbonyl (C=O) groups is 1. The summed E-state index contributed by atoms with van der Waals surface area (Å²) in [4.78, 5) is 26.6. The van der Waals surface area contributed by atoms with Crippen molar-refractivity contribution in [2.45, 2.75) is 6.42 Å². The topological polar surface area (TPSA) is 71.1 Å². The van der Waals surface area contributed by atoms with Gasteiger partial charge in [-0.2, -0.15) is 0 Å². The van der Waals surface area contributed by atoms with E-state index in [9.17, 15) is 4.79 Å². The van der Waals surface area contributed by atoms with E-state index in [-0.39, 0.29) is 5.91 Å². The van der Waals surface area contributed by atoms with Gasteiger partial charge in [-0.25, -0.2) is 9.97 Å². The minimum absolute atomic E-state index is 0.0291. The molecule has 0 bridgehead atoms. The Hall–Kier alpha value is -3.45. The molecular weight excluding hydrogens is 456 g/mol. The largest absolute Gasteiger partial charge is 0.439 e. The van der Waals surface area contributed by atoms with Gasteiger partial charge in [0.05, 0.1) is 5.56 Å². The number of hydrogen-bond donors (Lipinski definition) is 1. The number of amides is 1. The summed E-state index contributed by atoms with van der Waals surface area (Å²) >= 11 is 3.40. The SMILES string of the molecule is O=C(c1ccc(Oc2ccc(Br)cc2)nc1)N1CC=C(c2c[nH]c3ncccc23)CC1. The molecule has 7 heteroatoms. The van der Waals surface area contributed by atoms with Crippen LogP contribution in [0.4, 0.5) is 0 Å². The zero-order valence-electron chi connectivity index (χ0n) is 16.6. The molecule has 0 saturated heterocycles. The lowest BCUT2D eigenvalue weighted by Crippen LogP contribution is -2.34. The van der Waals surface area contributed by atoms with Crippen LogP contribution in [0.25, 0.3) is 16.6 Å². The number of nitrogens with zero attached hydrogens (tertiary/aromatic N) is 3. The van der Waals surface area contributed by atoms with Crippen LogP contribution in [0.2, 0.25) is 0 Å². The van der Waals surface area contributed by atoms with Crippen molar-refractivity contribution in [3.63, 3.8) is 0 Å². The van der Waals surface area contributed by atoms with Crippen molar-refractivity contribution < 1.29 is 9.53 Å². The highest BCUT2D eigenvalue weighted by Crippen LogP contribution is 2.29. The fourth-order valence-corrected chi connectivity index (χ4v) is 3.96. The van der Waals surface area contributed by atoms with Gasteiger partial charge in [0.2, 0.25) is 5.88 Å². The Balaban J connectivity index is 1.26. The maximum atomic E-state index is 12.9. The molecule has 3 aromatic heterocycles. The first-order valence-electron chi connectivity index (χ1n) is 9.97. The molecule has 5 rings (SSSR count). The highest BCUT2D eigenvalue weighted by atomic mass is 79.9. The Morgan fingerprint density at radius 2 is 1.97 bits per heavy atom. The van der Waals surface area contributed by atoms with Gasteiger partial charge >= 0.3 is 0 Å².